The number of aryl methyl sites for hydroxylation is 2. The second kappa shape index (κ2) is 6.99. The molecule has 9 heteroatoms. The minimum absolute atomic E-state index is 0.0986. The van der Waals surface area contributed by atoms with Crippen LogP contribution in [0.25, 0.3) is 0 Å². The Hall–Kier alpha value is -2.55. The van der Waals surface area contributed by atoms with Crippen molar-refractivity contribution in [3.8, 4) is 0 Å². The molecule has 0 saturated heterocycles. The van der Waals surface area contributed by atoms with E-state index in [1.165, 1.54) is 11.8 Å². The van der Waals surface area contributed by atoms with Crippen molar-refractivity contribution in [1.82, 2.24) is 24.5 Å². The highest BCUT2D eigenvalue weighted by Crippen LogP contribution is 2.40. The van der Waals surface area contributed by atoms with Gasteiger partial charge in [0.15, 0.2) is 5.16 Å². The molecule has 1 aliphatic rings. The van der Waals surface area contributed by atoms with Crippen molar-refractivity contribution >= 4 is 23.5 Å². The van der Waals surface area contributed by atoms with Gasteiger partial charge in [-0.25, -0.2) is 0 Å². The van der Waals surface area contributed by atoms with Gasteiger partial charge in [0.05, 0.1) is 24.3 Å². The van der Waals surface area contributed by atoms with Crippen LogP contribution in [0.5, 0.6) is 0 Å². The summed E-state index contributed by atoms with van der Waals surface area (Å²) in [6, 6.07) is 5.64. The Morgan fingerprint density at radius 2 is 2.27 bits per heavy atom. The predicted molar refractivity (Wildman–Crippen MR) is 97.1 cm³/mol. The van der Waals surface area contributed by atoms with Gasteiger partial charge in [-0.15, -0.1) is 10.2 Å². The summed E-state index contributed by atoms with van der Waals surface area (Å²) >= 11 is 1.38. The van der Waals surface area contributed by atoms with E-state index in [1.807, 2.05) is 25.1 Å². The summed E-state index contributed by atoms with van der Waals surface area (Å²) in [7, 11) is 1.80. The predicted octanol–water partition coefficient (Wildman–Crippen LogP) is 2.57. The number of hydrogen-bond donors (Lipinski definition) is 1. The first kappa shape index (κ1) is 16.9. The van der Waals surface area contributed by atoms with E-state index >= 15 is 0 Å². The summed E-state index contributed by atoms with van der Waals surface area (Å²) in [4.78, 5) is 12.3. The van der Waals surface area contributed by atoms with Gasteiger partial charge in [-0.2, -0.15) is 5.10 Å². The van der Waals surface area contributed by atoms with Crippen LogP contribution in [0.2, 0.25) is 0 Å². The normalized spacial score (nSPS) is 13.9. The number of carbonyl (C=O) groups excluding carboxylic acids is 1. The van der Waals surface area contributed by atoms with Crippen LogP contribution in [-0.2, 0) is 18.4 Å². The molecule has 3 heterocycles. The second-order valence-electron chi connectivity index (χ2n) is 6.41. The quantitative estimate of drug-likeness (QED) is 0.641. The molecule has 0 spiro atoms. The number of anilines is 1. The fraction of sp³-hybridized carbons (Fsp3) is 0.412. The molecule has 1 N–H and O–H groups in total. The summed E-state index contributed by atoms with van der Waals surface area (Å²) in [6.07, 6.45) is 3.94. The summed E-state index contributed by atoms with van der Waals surface area (Å²) in [5.74, 6) is 3.14. The number of rotatable bonds is 7. The van der Waals surface area contributed by atoms with E-state index in [0.717, 1.165) is 35.3 Å². The van der Waals surface area contributed by atoms with Gasteiger partial charge in [-0.05, 0) is 31.9 Å². The zero-order chi connectivity index (χ0) is 18.1. The van der Waals surface area contributed by atoms with Gasteiger partial charge in [0.2, 0.25) is 5.91 Å². The Morgan fingerprint density at radius 3 is 2.92 bits per heavy atom. The zero-order valence-electron chi connectivity index (χ0n) is 14.7. The molecular weight excluding hydrogens is 352 g/mol. The Kier molecular flexibility index (Phi) is 4.54. The fourth-order valence-electron chi connectivity index (χ4n) is 2.79. The Labute approximate surface area is 155 Å². The number of thioether (sulfide) groups is 1. The summed E-state index contributed by atoms with van der Waals surface area (Å²) in [5, 5.41) is 16.5. The minimum atomic E-state index is -0.0986. The van der Waals surface area contributed by atoms with Crippen molar-refractivity contribution in [2.24, 2.45) is 7.05 Å². The van der Waals surface area contributed by atoms with Crippen LogP contribution in [0, 0.1) is 6.92 Å². The lowest BCUT2D eigenvalue weighted by Gasteiger charge is -2.08. The van der Waals surface area contributed by atoms with E-state index in [4.69, 9.17) is 4.42 Å². The molecule has 0 unspecified atom stereocenters. The minimum Gasteiger partial charge on any atom is -0.467 e. The first-order chi connectivity index (χ1) is 12.6. The fourth-order valence-corrected chi connectivity index (χ4v) is 3.54. The topological polar surface area (TPSA) is 90.8 Å². The van der Waals surface area contributed by atoms with E-state index < -0.39 is 0 Å². The van der Waals surface area contributed by atoms with Gasteiger partial charge in [0.1, 0.15) is 17.4 Å². The average Bonchev–Trinajstić information content (AvgIpc) is 3.02. The smallest absolute Gasteiger partial charge is 0.235 e. The Balaban J connectivity index is 1.44. The molecule has 0 radical (unpaired) electrons. The summed E-state index contributed by atoms with van der Waals surface area (Å²) in [5.41, 5.74) is 0.864. The first-order valence-corrected chi connectivity index (χ1v) is 9.47. The lowest BCUT2D eigenvalue weighted by atomic mass is 10.3. The van der Waals surface area contributed by atoms with E-state index in [9.17, 15) is 4.79 Å². The molecule has 136 valence electrons. The van der Waals surface area contributed by atoms with Gasteiger partial charge in [0, 0.05) is 19.0 Å². The Morgan fingerprint density at radius 1 is 1.42 bits per heavy atom. The van der Waals surface area contributed by atoms with Crippen LogP contribution in [0.4, 0.5) is 5.82 Å². The van der Waals surface area contributed by atoms with Crippen LogP contribution in [0.15, 0.2) is 34.0 Å². The molecule has 26 heavy (non-hydrogen) atoms. The van der Waals surface area contributed by atoms with Crippen molar-refractivity contribution in [3.63, 3.8) is 0 Å². The maximum absolute atomic E-state index is 12.3. The molecule has 1 saturated carbocycles. The molecule has 0 atom stereocenters. The van der Waals surface area contributed by atoms with Crippen LogP contribution < -0.4 is 5.32 Å². The highest BCUT2D eigenvalue weighted by molar-refractivity contribution is 7.99. The van der Waals surface area contributed by atoms with Crippen LogP contribution in [-0.4, -0.2) is 36.2 Å². The molecule has 3 aromatic heterocycles. The lowest BCUT2D eigenvalue weighted by molar-refractivity contribution is -0.113. The molecule has 4 rings (SSSR count). The zero-order valence-corrected chi connectivity index (χ0v) is 15.5. The highest BCUT2D eigenvalue weighted by Gasteiger charge is 2.30. The van der Waals surface area contributed by atoms with E-state index in [2.05, 4.69) is 25.2 Å². The van der Waals surface area contributed by atoms with E-state index in [1.54, 1.807) is 18.0 Å². The van der Waals surface area contributed by atoms with Crippen molar-refractivity contribution in [1.29, 1.82) is 0 Å². The van der Waals surface area contributed by atoms with E-state index in [-0.39, 0.29) is 11.7 Å². The molecule has 3 aromatic rings. The number of nitrogens with zero attached hydrogens (tertiary/aromatic N) is 5. The van der Waals surface area contributed by atoms with Crippen LogP contribution >= 0.6 is 11.8 Å². The second-order valence-corrected chi connectivity index (χ2v) is 7.35. The summed E-state index contributed by atoms with van der Waals surface area (Å²) in [6.45, 7) is 2.47. The SMILES string of the molecule is Cc1cc(NC(=O)CSc2nnc(C3CC3)n2Cc2ccco2)n(C)n1. The Bertz CT molecular complexity index is 910. The van der Waals surface area contributed by atoms with Gasteiger partial charge < -0.3 is 9.73 Å². The van der Waals surface area contributed by atoms with Crippen molar-refractivity contribution in [2.75, 3.05) is 11.1 Å². The third kappa shape index (κ3) is 3.67. The van der Waals surface area contributed by atoms with Gasteiger partial charge >= 0.3 is 0 Å². The van der Waals surface area contributed by atoms with Crippen molar-refractivity contribution in [2.45, 2.75) is 37.4 Å². The number of hydrogen-bond acceptors (Lipinski definition) is 6. The molecule has 0 bridgehead atoms. The maximum atomic E-state index is 12.3. The molecule has 1 aliphatic carbocycles. The average molecular weight is 372 g/mol. The first-order valence-electron chi connectivity index (χ1n) is 8.49. The third-order valence-electron chi connectivity index (χ3n) is 4.18. The third-order valence-corrected chi connectivity index (χ3v) is 5.15. The number of amides is 1. The van der Waals surface area contributed by atoms with Gasteiger partial charge in [-0.3, -0.25) is 14.0 Å². The maximum Gasteiger partial charge on any atom is 0.235 e. The molecule has 0 aromatic carbocycles. The largest absolute Gasteiger partial charge is 0.467 e. The highest BCUT2D eigenvalue weighted by atomic mass is 32.2. The van der Waals surface area contributed by atoms with Crippen LogP contribution in [0.1, 0.15) is 36.0 Å². The molecule has 1 fully saturated rings. The number of carbonyl (C=O) groups is 1. The molecular formula is C17H20N6O2S. The van der Waals surface area contributed by atoms with Crippen molar-refractivity contribution < 1.29 is 9.21 Å². The lowest BCUT2D eigenvalue weighted by Crippen LogP contribution is -2.17. The van der Waals surface area contributed by atoms with Crippen molar-refractivity contribution in [3.05, 3.63) is 41.7 Å². The monoisotopic (exact) mass is 372 g/mol. The summed E-state index contributed by atoms with van der Waals surface area (Å²) < 4.78 is 9.18. The molecule has 8 nitrogen and oxygen atoms in total. The number of furan rings is 1. The van der Waals surface area contributed by atoms with Crippen LogP contribution in [0.3, 0.4) is 0 Å². The molecule has 0 aliphatic heterocycles. The number of aromatic nitrogens is 5. The standard InChI is InChI=1S/C17H20N6O2S/c1-11-8-14(22(2)21-11)18-15(24)10-26-17-20-19-16(12-5-6-12)23(17)9-13-4-3-7-25-13/h3-4,7-8,12H,5-6,9-10H2,1-2H3,(H,18,24). The van der Waals surface area contributed by atoms with Gasteiger partial charge in [0.25, 0.3) is 0 Å². The van der Waals surface area contributed by atoms with Gasteiger partial charge in [-0.1, -0.05) is 11.8 Å². The molecule has 1 amide bonds. The number of nitrogens with one attached hydrogen (secondary N) is 1. The van der Waals surface area contributed by atoms with E-state index in [0.29, 0.717) is 18.3 Å².